The van der Waals surface area contributed by atoms with Crippen LogP contribution in [0.15, 0.2) is 42.5 Å². The van der Waals surface area contributed by atoms with Gasteiger partial charge in [-0.25, -0.2) is 4.39 Å². The van der Waals surface area contributed by atoms with Crippen LogP contribution in [0.25, 0.3) is 0 Å². The van der Waals surface area contributed by atoms with E-state index in [1.807, 2.05) is 23.1 Å². The van der Waals surface area contributed by atoms with Gasteiger partial charge in [0, 0.05) is 18.7 Å². The third-order valence-corrected chi connectivity index (χ3v) is 4.02. The molecule has 1 aliphatic rings. The molecule has 0 fully saturated rings. The Kier molecular flexibility index (Phi) is 6.07. The number of ether oxygens (including phenoxy) is 3. The molecule has 26 heavy (non-hydrogen) atoms. The SMILES string of the molecule is CCOC(=O)CN(Cc1ccc(F)cc1)Cc1cccc2c1OCCO2. The van der Waals surface area contributed by atoms with Gasteiger partial charge in [0.05, 0.1) is 13.2 Å². The second-order valence-electron chi connectivity index (χ2n) is 6.02. The molecule has 0 atom stereocenters. The zero-order valence-electron chi connectivity index (χ0n) is 14.7. The first kappa shape index (κ1) is 18.2. The summed E-state index contributed by atoms with van der Waals surface area (Å²) in [7, 11) is 0. The summed E-state index contributed by atoms with van der Waals surface area (Å²) in [6.45, 7) is 4.25. The highest BCUT2D eigenvalue weighted by atomic mass is 19.1. The number of carbonyl (C=O) groups excluding carboxylic acids is 1. The van der Waals surface area contributed by atoms with Crippen LogP contribution in [-0.4, -0.2) is 37.2 Å². The first-order valence-corrected chi connectivity index (χ1v) is 8.65. The molecule has 0 saturated heterocycles. The molecule has 2 aromatic carbocycles. The fourth-order valence-corrected chi connectivity index (χ4v) is 2.90. The number of nitrogens with zero attached hydrogens (tertiary/aromatic N) is 1. The van der Waals surface area contributed by atoms with Crippen LogP contribution < -0.4 is 9.47 Å². The lowest BCUT2D eigenvalue weighted by atomic mass is 10.1. The van der Waals surface area contributed by atoms with Gasteiger partial charge in [-0.1, -0.05) is 24.3 Å². The van der Waals surface area contributed by atoms with Gasteiger partial charge in [0.25, 0.3) is 0 Å². The van der Waals surface area contributed by atoms with Gasteiger partial charge >= 0.3 is 5.97 Å². The van der Waals surface area contributed by atoms with Crippen molar-refractivity contribution in [3.05, 3.63) is 59.4 Å². The first-order chi connectivity index (χ1) is 12.7. The number of fused-ring (bicyclic) bond motifs is 1. The van der Waals surface area contributed by atoms with Gasteiger partial charge in [-0.15, -0.1) is 0 Å². The number of benzene rings is 2. The van der Waals surface area contributed by atoms with Gasteiger partial charge < -0.3 is 14.2 Å². The van der Waals surface area contributed by atoms with Gasteiger partial charge in [0.15, 0.2) is 11.5 Å². The summed E-state index contributed by atoms with van der Waals surface area (Å²) in [6.07, 6.45) is 0. The van der Waals surface area contributed by atoms with Crippen LogP contribution in [0, 0.1) is 5.82 Å². The minimum absolute atomic E-state index is 0.135. The minimum atomic E-state index is -0.295. The van der Waals surface area contributed by atoms with Crippen molar-refractivity contribution in [3.8, 4) is 11.5 Å². The third-order valence-electron chi connectivity index (χ3n) is 4.02. The number of esters is 1. The summed E-state index contributed by atoms with van der Waals surface area (Å²) in [4.78, 5) is 13.9. The maximum absolute atomic E-state index is 13.2. The van der Waals surface area contributed by atoms with Crippen LogP contribution in [0.4, 0.5) is 4.39 Å². The second-order valence-corrected chi connectivity index (χ2v) is 6.02. The van der Waals surface area contributed by atoms with E-state index < -0.39 is 0 Å². The molecule has 0 amide bonds. The van der Waals surface area contributed by atoms with Gasteiger partial charge in [0.2, 0.25) is 0 Å². The van der Waals surface area contributed by atoms with E-state index in [1.54, 1.807) is 19.1 Å². The number of rotatable bonds is 7. The Labute approximate surface area is 152 Å². The van der Waals surface area contributed by atoms with Crippen molar-refractivity contribution in [2.24, 2.45) is 0 Å². The van der Waals surface area contributed by atoms with E-state index in [9.17, 15) is 9.18 Å². The molecular weight excluding hydrogens is 337 g/mol. The predicted octanol–water partition coefficient (Wildman–Crippen LogP) is 3.16. The van der Waals surface area contributed by atoms with Crippen LogP contribution in [0.3, 0.4) is 0 Å². The van der Waals surface area contributed by atoms with Gasteiger partial charge in [-0.05, 0) is 30.7 Å². The summed E-state index contributed by atoms with van der Waals surface area (Å²) < 4.78 is 29.6. The highest BCUT2D eigenvalue weighted by Gasteiger charge is 2.19. The molecule has 5 nitrogen and oxygen atoms in total. The third kappa shape index (κ3) is 4.73. The van der Waals surface area contributed by atoms with Crippen molar-refractivity contribution in [1.82, 2.24) is 4.90 Å². The Morgan fingerprint density at radius 3 is 2.65 bits per heavy atom. The number of hydrogen-bond donors (Lipinski definition) is 0. The molecule has 0 unspecified atom stereocenters. The van der Waals surface area contributed by atoms with Crippen molar-refractivity contribution in [2.45, 2.75) is 20.0 Å². The Balaban J connectivity index is 1.78. The predicted molar refractivity (Wildman–Crippen MR) is 94.6 cm³/mol. The average molecular weight is 359 g/mol. The lowest BCUT2D eigenvalue weighted by Crippen LogP contribution is -2.31. The molecule has 0 N–H and O–H groups in total. The van der Waals surface area contributed by atoms with E-state index in [1.165, 1.54) is 12.1 Å². The van der Waals surface area contributed by atoms with Crippen LogP contribution >= 0.6 is 0 Å². The molecule has 0 aliphatic carbocycles. The van der Waals surface area contributed by atoms with Gasteiger partial charge in [0.1, 0.15) is 19.0 Å². The molecule has 0 aromatic heterocycles. The van der Waals surface area contributed by atoms with Crippen LogP contribution in [0.5, 0.6) is 11.5 Å². The van der Waals surface area contributed by atoms with Gasteiger partial charge in [-0.3, -0.25) is 9.69 Å². The van der Waals surface area contributed by atoms with E-state index in [-0.39, 0.29) is 18.3 Å². The standard InChI is InChI=1S/C20H22FNO4/c1-2-24-19(23)14-22(12-15-6-8-17(21)9-7-15)13-16-4-3-5-18-20(16)26-11-10-25-18/h3-9H,2,10-14H2,1H3. The van der Waals surface area contributed by atoms with Crippen molar-refractivity contribution < 1.29 is 23.4 Å². The van der Waals surface area contributed by atoms with Crippen molar-refractivity contribution >= 4 is 5.97 Å². The average Bonchev–Trinajstić information content (AvgIpc) is 2.64. The first-order valence-electron chi connectivity index (χ1n) is 8.65. The van der Waals surface area contributed by atoms with E-state index in [4.69, 9.17) is 14.2 Å². The van der Waals surface area contributed by atoms with Crippen molar-refractivity contribution in [1.29, 1.82) is 0 Å². The smallest absolute Gasteiger partial charge is 0.320 e. The zero-order valence-corrected chi connectivity index (χ0v) is 14.7. The summed E-state index contributed by atoms with van der Waals surface area (Å²) >= 11 is 0. The zero-order chi connectivity index (χ0) is 18.4. The highest BCUT2D eigenvalue weighted by Crippen LogP contribution is 2.34. The Hall–Kier alpha value is -2.60. The summed E-state index contributed by atoms with van der Waals surface area (Å²) in [5, 5.41) is 0. The minimum Gasteiger partial charge on any atom is -0.486 e. The molecule has 1 aliphatic heterocycles. The van der Waals surface area contributed by atoms with Crippen LogP contribution in [-0.2, 0) is 22.6 Å². The fourth-order valence-electron chi connectivity index (χ4n) is 2.90. The second kappa shape index (κ2) is 8.67. The molecule has 0 saturated carbocycles. The summed E-state index contributed by atoms with van der Waals surface area (Å²) in [5.41, 5.74) is 1.85. The van der Waals surface area contributed by atoms with E-state index >= 15 is 0 Å². The monoisotopic (exact) mass is 359 g/mol. The van der Waals surface area contributed by atoms with Crippen molar-refractivity contribution in [3.63, 3.8) is 0 Å². The molecule has 6 heteroatoms. The highest BCUT2D eigenvalue weighted by molar-refractivity contribution is 5.71. The molecule has 3 rings (SSSR count). The molecule has 138 valence electrons. The Morgan fingerprint density at radius 1 is 1.12 bits per heavy atom. The molecule has 1 heterocycles. The number of hydrogen-bond acceptors (Lipinski definition) is 5. The topological polar surface area (TPSA) is 48.0 Å². The lowest BCUT2D eigenvalue weighted by Gasteiger charge is -2.25. The molecule has 0 bridgehead atoms. The lowest BCUT2D eigenvalue weighted by molar-refractivity contribution is -0.144. The van der Waals surface area contributed by atoms with E-state index in [0.717, 1.165) is 11.1 Å². The van der Waals surface area contributed by atoms with E-state index in [0.29, 0.717) is 44.4 Å². The van der Waals surface area contributed by atoms with Crippen molar-refractivity contribution in [2.75, 3.05) is 26.4 Å². The molecule has 0 spiro atoms. The van der Waals surface area contributed by atoms with E-state index in [2.05, 4.69) is 0 Å². The molecule has 0 radical (unpaired) electrons. The maximum Gasteiger partial charge on any atom is 0.320 e. The van der Waals surface area contributed by atoms with Crippen LogP contribution in [0.2, 0.25) is 0 Å². The number of carbonyl (C=O) groups is 1. The maximum atomic E-state index is 13.2. The normalized spacial score (nSPS) is 12.9. The Morgan fingerprint density at radius 2 is 1.88 bits per heavy atom. The molecular formula is C20H22FNO4. The number of para-hydroxylation sites is 1. The summed E-state index contributed by atoms with van der Waals surface area (Å²) in [6, 6.07) is 12.0. The Bertz CT molecular complexity index is 748. The number of halogens is 1. The fraction of sp³-hybridized carbons (Fsp3) is 0.350. The van der Waals surface area contributed by atoms with Crippen LogP contribution in [0.1, 0.15) is 18.1 Å². The molecule has 2 aromatic rings. The largest absolute Gasteiger partial charge is 0.486 e. The quantitative estimate of drug-likeness (QED) is 0.711. The summed E-state index contributed by atoms with van der Waals surface area (Å²) in [5.74, 6) is 0.850. The van der Waals surface area contributed by atoms with Gasteiger partial charge in [-0.2, -0.15) is 0 Å².